The van der Waals surface area contributed by atoms with Gasteiger partial charge in [-0.25, -0.2) is 0 Å². The van der Waals surface area contributed by atoms with E-state index in [0.717, 1.165) is 17.7 Å². The molecule has 0 atom stereocenters. The average Bonchev–Trinajstić information content (AvgIpc) is 2.52. The molecule has 0 bridgehead atoms. The third-order valence-corrected chi connectivity index (χ3v) is 3.90. The minimum Gasteiger partial charge on any atom is -0.0849 e. The maximum absolute atomic E-state index is 5.27. The first-order valence-electron chi connectivity index (χ1n) is 6.89. The van der Waals surface area contributed by atoms with E-state index in [1.807, 2.05) is 0 Å². The molecule has 0 aliphatic heterocycles. The maximum atomic E-state index is 5.27. The second kappa shape index (κ2) is 5.98. The summed E-state index contributed by atoms with van der Waals surface area (Å²) in [6.07, 6.45) is 6.25. The lowest BCUT2D eigenvalue weighted by Gasteiger charge is -2.16. The highest BCUT2D eigenvalue weighted by molar-refractivity contribution is 7.80. The summed E-state index contributed by atoms with van der Waals surface area (Å²) in [5.74, 6) is 0. The molecule has 20 heavy (non-hydrogen) atoms. The first-order valence-corrected chi connectivity index (χ1v) is 7.30. The van der Waals surface area contributed by atoms with E-state index >= 15 is 0 Å². The van der Waals surface area contributed by atoms with E-state index in [1.54, 1.807) is 0 Å². The van der Waals surface area contributed by atoms with Crippen molar-refractivity contribution in [2.45, 2.75) is 12.8 Å². The van der Waals surface area contributed by atoms with Crippen LogP contribution in [-0.2, 0) is 0 Å². The van der Waals surface area contributed by atoms with Gasteiger partial charge in [-0.1, -0.05) is 79.0 Å². The Labute approximate surface area is 125 Å². The van der Waals surface area contributed by atoms with Crippen molar-refractivity contribution in [2.75, 3.05) is 0 Å². The molecule has 1 aliphatic carbocycles. The Kier molecular flexibility index (Phi) is 3.89. The average molecular weight is 276 g/mol. The van der Waals surface area contributed by atoms with E-state index in [4.69, 9.17) is 12.2 Å². The smallest absolute Gasteiger partial charge is 0.0155 e. The zero-order valence-electron chi connectivity index (χ0n) is 11.3. The summed E-state index contributed by atoms with van der Waals surface area (Å²) in [4.78, 5) is 1.05. The third kappa shape index (κ3) is 2.78. The quantitative estimate of drug-likeness (QED) is 0.679. The van der Waals surface area contributed by atoms with Gasteiger partial charge >= 0.3 is 0 Å². The first kappa shape index (κ1) is 13.0. The van der Waals surface area contributed by atoms with E-state index in [2.05, 4.69) is 72.8 Å². The second-order valence-corrected chi connectivity index (χ2v) is 5.46. The molecule has 0 saturated heterocycles. The van der Waals surface area contributed by atoms with E-state index in [0.29, 0.717) is 0 Å². The van der Waals surface area contributed by atoms with Crippen molar-refractivity contribution in [3.05, 3.63) is 89.5 Å². The van der Waals surface area contributed by atoms with Crippen LogP contribution in [0, 0.1) is 0 Å². The van der Waals surface area contributed by atoms with Gasteiger partial charge in [-0.05, 0) is 41.2 Å². The van der Waals surface area contributed by atoms with E-state index in [-0.39, 0.29) is 0 Å². The number of hydrogen-bond donors (Lipinski definition) is 0. The van der Waals surface area contributed by atoms with Gasteiger partial charge in [0.2, 0.25) is 0 Å². The van der Waals surface area contributed by atoms with Crippen LogP contribution in [0.4, 0.5) is 0 Å². The first-order chi connectivity index (χ1) is 9.84. The molecule has 98 valence electrons. The number of rotatable bonds is 2. The topological polar surface area (TPSA) is 0 Å². The Balaban J connectivity index is 2.17. The molecular formula is C19H16S. The summed E-state index contributed by atoms with van der Waals surface area (Å²) in [6.45, 7) is 0. The highest BCUT2D eigenvalue weighted by Gasteiger charge is 2.12. The van der Waals surface area contributed by atoms with Gasteiger partial charge in [0, 0.05) is 4.86 Å². The van der Waals surface area contributed by atoms with Crippen molar-refractivity contribution in [1.82, 2.24) is 0 Å². The Morgan fingerprint density at radius 2 is 1.25 bits per heavy atom. The fourth-order valence-electron chi connectivity index (χ4n) is 2.57. The van der Waals surface area contributed by atoms with Crippen LogP contribution in [-0.4, -0.2) is 4.86 Å². The molecule has 0 heterocycles. The Morgan fingerprint density at radius 3 is 1.70 bits per heavy atom. The van der Waals surface area contributed by atoms with Gasteiger partial charge in [-0.2, -0.15) is 0 Å². The van der Waals surface area contributed by atoms with Gasteiger partial charge in [0.25, 0.3) is 0 Å². The van der Waals surface area contributed by atoms with Crippen molar-refractivity contribution in [1.29, 1.82) is 0 Å². The monoisotopic (exact) mass is 276 g/mol. The van der Waals surface area contributed by atoms with Gasteiger partial charge in [-0.3, -0.25) is 0 Å². The lowest BCUT2D eigenvalue weighted by atomic mass is 9.88. The van der Waals surface area contributed by atoms with Crippen molar-refractivity contribution >= 4 is 22.7 Å². The number of hydrogen-bond acceptors (Lipinski definition) is 1. The van der Waals surface area contributed by atoms with Crippen molar-refractivity contribution in [3.8, 4) is 0 Å². The standard InChI is InChI=1S/C19H16S/c20-18-13-11-17(12-14-18)19(15-7-3-1-4-8-15)16-9-5-2-6-10-16/h1-11,13H,12,14H2. The lowest BCUT2D eigenvalue weighted by molar-refractivity contribution is 1.05. The van der Waals surface area contributed by atoms with Crippen LogP contribution >= 0.6 is 12.2 Å². The number of allylic oxidation sites excluding steroid dienone is 3. The molecule has 0 aromatic heterocycles. The molecule has 2 aromatic rings. The molecule has 1 heteroatoms. The molecule has 0 saturated carbocycles. The Bertz CT molecular complexity index is 622. The predicted molar refractivity (Wildman–Crippen MR) is 89.9 cm³/mol. The highest BCUT2D eigenvalue weighted by atomic mass is 32.1. The van der Waals surface area contributed by atoms with E-state index in [1.165, 1.54) is 22.3 Å². The molecule has 3 rings (SSSR count). The molecule has 0 amide bonds. The third-order valence-electron chi connectivity index (χ3n) is 3.56. The largest absolute Gasteiger partial charge is 0.0849 e. The van der Waals surface area contributed by atoms with Gasteiger partial charge < -0.3 is 0 Å². The fraction of sp³-hybridized carbons (Fsp3) is 0.105. The van der Waals surface area contributed by atoms with Crippen LogP contribution in [0.2, 0.25) is 0 Å². The Hall–Kier alpha value is -1.99. The summed E-state index contributed by atoms with van der Waals surface area (Å²) >= 11 is 5.27. The number of thiocarbonyl (C=S) groups is 1. The molecule has 0 nitrogen and oxygen atoms in total. The van der Waals surface area contributed by atoms with Crippen molar-refractivity contribution in [2.24, 2.45) is 0 Å². The fourth-order valence-corrected chi connectivity index (χ4v) is 2.74. The second-order valence-electron chi connectivity index (χ2n) is 4.93. The SMILES string of the molecule is S=C1C=CC(=C(c2ccccc2)c2ccccc2)CC1. The molecule has 0 N–H and O–H groups in total. The maximum Gasteiger partial charge on any atom is 0.0155 e. The van der Waals surface area contributed by atoms with Gasteiger partial charge in [0.05, 0.1) is 0 Å². The molecule has 0 unspecified atom stereocenters. The van der Waals surface area contributed by atoms with Crippen LogP contribution in [0.5, 0.6) is 0 Å². The van der Waals surface area contributed by atoms with Crippen LogP contribution in [0.15, 0.2) is 78.4 Å². The summed E-state index contributed by atoms with van der Waals surface area (Å²) in [7, 11) is 0. The van der Waals surface area contributed by atoms with Gasteiger partial charge in [0.15, 0.2) is 0 Å². The molecule has 1 aliphatic rings. The molecule has 0 spiro atoms. The molecule has 0 fully saturated rings. The summed E-state index contributed by atoms with van der Waals surface area (Å²) < 4.78 is 0. The molecule has 0 radical (unpaired) electrons. The zero-order chi connectivity index (χ0) is 13.8. The van der Waals surface area contributed by atoms with Crippen LogP contribution < -0.4 is 0 Å². The molecular weight excluding hydrogens is 260 g/mol. The highest BCUT2D eigenvalue weighted by Crippen LogP contribution is 2.31. The summed E-state index contributed by atoms with van der Waals surface area (Å²) in [5.41, 5.74) is 5.23. The van der Waals surface area contributed by atoms with Crippen LogP contribution in [0.1, 0.15) is 24.0 Å². The van der Waals surface area contributed by atoms with Gasteiger partial charge in [0.1, 0.15) is 0 Å². The Morgan fingerprint density at radius 1 is 0.700 bits per heavy atom. The minimum atomic E-state index is 0.977. The van der Waals surface area contributed by atoms with Gasteiger partial charge in [-0.15, -0.1) is 0 Å². The molecule has 2 aromatic carbocycles. The van der Waals surface area contributed by atoms with Crippen LogP contribution in [0.3, 0.4) is 0 Å². The minimum absolute atomic E-state index is 0.977. The van der Waals surface area contributed by atoms with E-state index < -0.39 is 0 Å². The van der Waals surface area contributed by atoms with Crippen molar-refractivity contribution in [3.63, 3.8) is 0 Å². The van der Waals surface area contributed by atoms with Crippen LogP contribution in [0.25, 0.3) is 5.57 Å². The number of benzene rings is 2. The summed E-state index contributed by atoms with van der Waals surface area (Å²) in [5, 5.41) is 0. The van der Waals surface area contributed by atoms with Crippen molar-refractivity contribution < 1.29 is 0 Å². The normalized spacial score (nSPS) is 14.4. The van der Waals surface area contributed by atoms with E-state index in [9.17, 15) is 0 Å². The summed E-state index contributed by atoms with van der Waals surface area (Å²) in [6, 6.07) is 21.2. The lowest BCUT2D eigenvalue weighted by Crippen LogP contribution is -2.01. The zero-order valence-corrected chi connectivity index (χ0v) is 12.1. The predicted octanol–water partition coefficient (Wildman–Crippen LogP) is 5.21.